The Balaban J connectivity index is 1.62. The lowest BCUT2D eigenvalue weighted by atomic mass is 9.98. The van der Waals surface area contributed by atoms with Crippen molar-refractivity contribution in [1.29, 1.82) is 0 Å². The fourth-order valence-corrected chi connectivity index (χ4v) is 3.48. The van der Waals surface area contributed by atoms with Crippen molar-refractivity contribution in [3.63, 3.8) is 0 Å². The van der Waals surface area contributed by atoms with Gasteiger partial charge in [0.1, 0.15) is 5.75 Å². The molecule has 1 fully saturated rings. The van der Waals surface area contributed by atoms with Gasteiger partial charge in [0.2, 0.25) is 0 Å². The summed E-state index contributed by atoms with van der Waals surface area (Å²) in [5, 5.41) is 4.37. The Morgan fingerprint density at radius 3 is 2.60 bits per heavy atom. The van der Waals surface area contributed by atoms with E-state index in [1.165, 1.54) is 5.56 Å². The van der Waals surface area contributed by atoms with Crippen LogP contribution in [0.2, 0.25) is 0 Å². The number of likely N-dealkylation sites (tertiary alicyclic amines) is 1. The Kier molecular flexibility index (Phi) is 5.11. The van der Waals surface area contributed by atoms with Gasteiger partial charge in [-0.05, 0) is 45.7 Å². The van der Waals surface area contributed by atoms with Gasteiger partial charge in [-0.3, -0.25) is 9.48 Å². The summed E-state index contributed by atoms with van der Waals surface area (Å²) in [7, 11) is 1.88. The van der Waals surface area contributed by atoms with Gasteiger partial charge < -0.3 is 9.64 Å². The fraction of sp³-hybridized carbons (Fsp3) is 0.500. The maximum atomic E-state index is 12.9. The number of ether oxygens (including phenoxy) is 1. The van der Waals surface area contributed by atoms with Gasteiger partial charge in [0.25, 0.3) is 5.91 Å². The zero-order valence-corrected chi connectivity index (χ0v) is 15.6. The second kappa shape index (κ2) is 7.30. The predicted octanol–water partition coefficient (Wildman–Crippen LogP) is 3.28. The molecule has 0 aliphatic carbocycles. The van der Waals surface area contributed by atoms with E-state index < -0.39 is 0 Å². The molecule has 0 unspecified atom stereocenters. The molecule has 134 valence electrons. The molecule has 3 rings (SSSR count). The van der Waals surface area contributed by atoms with E-state index in [0.29, 0.717) is 12.5 Å². The maximum Gasteiger partial charge on any atom is 0.257 e. The zero-order chi connectivity index (χ0) is 18.0. The molecule has 0 N–H and O–H groups in total. The van der Waals surface area contributed by atoms with Crippen LogP contribution in [0.15, 0.2) is 24.3 Å². The van der Waals surface area contributed by atoms with E-state index >= 15 is 0 Å². The lowest BCUT2D eigenvalue weighted by Crippen LogP contribution is -2.42. The third kappa shape index (κ3) is 3.86. The predicted molar refractivity (Wildman–Crippen MR) is 98.0 cm³/mol. The van der Waals surface area contributed by atoms with Gasteiger partial charge >= 0.3 is 0 Å². The molecule has 5 heteroatoms. The van der Waals surface area contributed by atoms with Crippen molar-refractivity contribution in [1.82, 2.24) is 14.7 Å². The molecule has 5 nitrogen and oxygen atoms in total. The molecule has 25 heavy (non-hydrogen) atoms. The standard InChI is InChI=1S/C20H27N3O2/c1-14-7-9-18(10-8-14)25-13-17-6-5-11-23(12-17)20(24)19-15(2)21-22(4)16(19)3/h7-10,17H,5-6,11-13H2,1-4H3/t17-/m0/s1. The van der Waals surface area contributed by atoms with Crippen molar-refractivity contribution in [3.8, 4) is 5.75 Å². The van der Waals surface area contributed by atoms with Crippen molar-refractivity contribution in [2.24, 2.45) is 13.0 Å². The summed E-state index contributed by atoms with van der Waals surface area (Å²) in [6, 6.07) is 8.12. The van der Waals surface area contributed by atoms with Crippen molar-refractivity contribution >= 4 is 5.91 Å². The third-order valence-corrected chi connectivity index (χ3v) is 5.04. The molecule has 2 aromatic rings. The highest BCUT2D eigenvalue weighted by atomic mass is 16.5. The molecule has 0 spiro atoms. The quantitative estimate of drug-likeness (QED) is 0.857. The second-order valence-corrected chi connectivity index (χ2v) is 7.05. The first-order valence-corrected chi connectivity index (χ1v) is 8.94. The van der Waals surface area contributed by atoms with Gasteiger partial charge in [-0.15, -0.1) is 0 Å². The van der Waals surface area contributed by atoms with Gasteiger partial charge in [-0.2, -0.15) is 5.10 Å². The van der Waals surface area contributed by atoms with Crippen molar-refractivity contribution in [3.05, 3.63) is 46.8 Å². The number of amides is 1. The molecule has 0 bridgehead atoms. The summed E-state index contributed by atoms with van der Waals surface area (Å²) in [4.78, 5) is 14.9. The van der Waals surface area contributed by atoms with E-state index in [0.717, 1.165) is 48.6 Å². The maximum absolute atomic E-state index is 12.9. The number of carbonyl (C=O) groups is 1. The summed E-state index contributed by atoms with van der Waals surface area (Å²) in [5.74, 6) is 1.37. The minimum atomic E-state index is 0.100. The normalized spacial score (nSPS) is 17.6. The molecule has 1 amide bonds. The van der Waals surface area contributed by atoms with Crippen LogP contribution in [0, 0.1) is 26.7 Å². The Morgan fingerprint density at radius 1 is 1.24 bits per heavy atom. The summed E-state index contributed by atoms with van der Waals surface area (Å²) >= 11 is 0. The van der Waals surface area contributed by atoms with Crippen LogP contribution in [0.5, 0.6) is 5.75 Å². The molecule has 2 heterocycles. The topological polar surface area (TPSA) is 47.4 Å². The number of aromatic nitrogens is 2. The first kappa shape index (κ1) is 17.5. The number of hydrogen-bond acceptors (Lipinski definition) is 3. The zero-order valence-electron chi connectivity index (χ0n) is 15.6. The highest BCUT2D eigenvalue weighted by Gasteiger charge is 2.28. The Labute approximate surface area is 149 Å². The Hall–Kier alpha value is -2.30. The molecule has 1 atom stereocenters. The highest BCUT2D eigenvalue weighted by Crippen LogP contribution is 2.22. The number of rotatable bonds is 4. The summed E-state index contributed by atoms with van der Waals surface area (Å²) < 4.78 is 7.71. The number of aryl methyl sites for hydroxylation is 3. The van der Waals surface area contributed by atoms with E-state index in [-0.39, 0.29) is 5.91 Å². The third-order valence-electron chi connectivity index (χ3n) is 5.04. The minimum absolute atomic E-state index is 0.100. The van der Waals surface area contributed by atoms with Crippen LogP contribution in [0.1, 0.15) is 40.2 Å². The van der Waals surface area contributed by atoms with E-state index in [4.69, 9.17) is 4.74 Å². The molecule has 0 saturated carbocycles. The summed E-state index contributed by atoms with van der Waals surface area (Å²) in [6.45, 7) is 8.14. The van der Waals surface area contributed by atoms with Crippen LogP contribution in [-0.2, 0) is 7.05 Å². The highest BCUT2D eigenvalue weighted by molar-refractivity contribution is 5.96. The second-order valence-electron chi connectivity index (χ2n) is 7.05. The van der Waals surface area contributed by atoms with Crippen molar-refractivity contribution in [2.75, 3.05) is 19.7 Å². The molecule has 1 aromatic carbocycles. The van der Waals surface area contributed by atoms with Gasteiger partial charge in [-0.1, -0.05) is 17.7 Å². The van der Waals surface area contributed by atoms with Crippen molar-refractivity contribution < 1.29 is 9.53 Å². The molecule has 0 radical (unpaired) electrons. The summed E-state index contributed by atoms with van der Waals surface area (Å²) in [6.07, 6.45) is 2.12. The molecular formula is C20H27N3O2. The lowest BCUT2D eigenvalue weighted by molar-refractivity contribution is 0.0632. The Morgan fingerprint density at radius 2 is 1.96 bits per heavy atom. The van der Waals surface area contributed by atoms with Crippen LogP contribution < -0.4 is 4.74 Å². The van der Waals surface area contributed by atoms with E-state index in [2.05, 4.69) is 24.2 Å². The van der Waals surface area contributed by atoms with Crippen LogP contribution in [0.4, 0.5) is 0 Å². The van der Waals surface area contributed by atoms with E-state index in [9.17, 15) is 4.79 Å². The fourth-order valence-electron chi connectivity index (χ4n) is 3.48. The molecule has 1 aliphatic rings. The largest absolute Gasteiger partial charge is 0.493 e. The first-order chi connectivity index (χ1) is 12.0. The first-order valence-electron chi connectivity index (χ1n) is 8.94. The number of carbonyl (C=O) groups excluding carboxylic acids is 1. The number of benzene rings is 1. The van der Waals surface area contributed by atoms with Gasteiger partial charge in [0.15, 0.2) is 0 Å². The van der Waals surface area contributed by atoms with Gasteiger partial charge in [0.05, 0.1) is 17.9 Å². The number of hydrogen-bond donors (Lipinski definition) is 0. The number of piperidine rings is 1. The van der Waals surface area contributed by atoms with Crippen LogP contribution in [0.25, 0.3) is 0 Å². The summed E-state index contributed by atoms with van der Waals surface area (Å²) in [5.41, 5.74) is 3.72. The van der Waals surface area contributed by atoms with Gasteiger partial charge in [-0.25, -0.2) is 0 Å². The minimum Gasteiger partial charge on any atom is -0.493 e. The Bertz CT molecular complexity index is 749. The SMILES string of the molecule is Cc1ccc(OC[C@H]2CCCN(C(=O)c3c(C)nn(C)c3C)C2)cc1. The molecule has 1 saturated heterocycles. The molecule has 1 aliphatic heterocycles. The van der Waals surface area contributed by atoms with Crippen LogP contribution >= 0.6 is 0 Å². The average Bonchev–Trinajstić information content (AvgIpc) is 2.86. The van der Waals surface area contributed by atoms with Crippen molar-refractivity contribution in [2.45, 2.75) is 33.6 Å². The number of nitrogens with zero attached hydrogens (tertiary/aromatic N) is 3. The average molecular weight is 341 g/mol. The lowest BCUT2D eigenvalue weighted by Gasteiger charge is -2.32. The van der Waals surface area contributed by atoms with E-state index in [1.807, 2.05) is 37.9 Å². The molecular weight excluding hydrogens is 314 g/mol. The van der Waals surface area contributed by atoms with Crippen LogP contribution in [0.3, 0.4) is 0 Å². The van der Waals surface area contributed by atoms with E-state index in [1.54, 1.807) is 4.68 Å². The van der Waals surface area contributed by atoms with Gasteiger partial charge in [0, 0.05) is 31.7 Å². The monoisotopic (exact) mass is 341 g/mol. The smallest absolute Gasteiger partial charge is 0.257 e. The molecule has 1 aromatic heterocycles. The van der Waals surface area contributed by atoms with Crippen LogP contribution in [-0.4, -0.2) is 40.3 Å².